The van der Waals surface area contributed by atoms with Crippen molar-refractivity contribution in [1.29, 1.82) is 0 Å². The summed E-state index contributed by atoms with van der Waals surface area (Å²) in [4.78, 5) is 0. The van der Waals surface area contributed by atoms with Crippen LogP contribution in [0.2, 0.25) is 0 Å². The van der Waals surface area contributed by atoms with Crippen molar-refractivity contribution in [2.75, 3.05) is 6.61 Å². The van der Waals surface area contributed by atoms with Crippen molar-refractivity contribution in [3.05, 3.63) is 82.9 Å². The van der Waals surface area contributed by atoms with E-state index in [-0.39, 0.29) is 0 Å². The van der Waals surface area contributed by atoms with Gasteiger partial charge in [-0.3, -0.25) is 0 Å². The Labute approximate surface area is 149 Å². The highest BCUT2D eigenvalue weighted by Crippen LogP contribution is 2.23. The number of aryl methyl sites for hydroxylation is 3. The molecule has 2 heterocycles. The summed E-state index contributed by atoms with van der Waals surface area (Å²) in [6.07, 6.45) is 5.46. The maximum absolute atomic E-state index is 5.88. The molecule has 3 nitrogen and oxygen atoms in total. The standard InChI is InChI=1S/C22H25N2O/c1-16-9-17(2)22(18(3)10-16)23-12-21-14-25-13-20(24(21)15-23)11-19-7-5-4-6-8-19/h4-10,12,15,20H,11,13-14H2,1-3H3/q+1/t20-/m0/s1. The summed E-state index contributed by atoms with van der Waals surface area (Å²) in [6, 6.07) is 15.5. The van der Waals surface area contributed by atoms with Crippen LogP contribution >= 0.6 is 0 Å². The van der Waals surface area contributed by atoms with E-state index in [1.807, 2.05) is 0 Å². The lowest BCUT2D eigenvalue weighted by Crippen LogP contribution is -2.31. The summed E-state index contributed by atoms with van der Waals surface area (Å²) in [5.41, 5.74) is 7.81. The number of aromatic nitrogens is 2. The van der Waals surface area contributed by atoms with Gasteiger partial charge in [-0.25, -0.2) is 9.13 Å². The SMILES string of the molecule is Cc1cc(C)c(-[n+]2cc3n(c2)[C@@H](Cc2ccccc2)COC3)c(C)c1. The van der Waals surface area contributed by atoms with Crippen molar-refractivity contribution in [3.63, 3.8) is 0 Å². The van der Waals surface area contributed by atoms with Gasteiger partial charge in [-0.15, -0.1) is 0 Å². The van der Waals surface area contributed by atoms with Crippen LogP contribution in [0.3, 0.4) is 0 Å². The molecule has 2 aromatic carbocycles. The van der Waals surface area contributed by atoms with E-state index in [9.17, 15) is 0 Å². The van der Waals surface area contributed by atoms with Crippen LogP contribution in [0.1, 0.15) is 34.0 Å². The van der Waals surface area contributed by atoms with Crippen LogP contribution in [0.4, 0.5) is 0 Å². The first kappa shape index (κ1) is 16.1. The zero-order valence-corrected chi connectivity index (χ0v) is 15.2. The predicted octanol–water partition coefficient (Wildman–Crippen LogP) is 4.00. The molecule has 0 saturated heterocycles. The molecule has 0 spiro atoms. The molecule has 0 unspecified atom stereocenters. The van der Waals surface area contributed by atoms with Gasteiger partial charge >= 0.3 is 0 Å². The fourth-order valence-electron chi connectivity index (χ4n) is 4.03. The van der Waals surface area contributed by atoms with Crippen LogP contribution < -0.4 is 4.57 Å². The molecular formula is C22H25N2O+. The number of hydrogen-bond donors (Lipinski definition) is 0. The molecule has 0 radical (unpaired) electrons. The van der Waals surface area contributed by atoms with Crippen LogP contribution in [0.15, 0.2) is 55.0 Å². The molecule has 1 aliphatic rings. The first-order valence-electron chi connectivity index (χ1n) is 8.94. The van der Waals surface area contributed by atoms with Gasteiger partial charge in [0, 0.05) is 6.42 Å². The lowest BCUT2D eigenvalue weighted by atomic mass is 10.1. The van der Waals surface area contributed by atoms with Crippen LogP contribution in [-0.2, 0) is 17.8 Å². The molecule has 1 aliphatic heterocycles. The first-order valence-corrected chi connectivity index (χ1v) is 8.94. The lowest BCUT2D eigenvalue weighted by molar-refractivity contribution is -0.596. The van der Waals surface area contributed by atoms with Crippen molar-refractivity contribution in [2.45, 2.75) is 39.8 Å². The van der Waals surface area contributed by atoms with Crippen LogP contribution in [-0.4, -0.2) is 11.2 Å². The van der Waals surface area contributed by atoms with Gasteiger partial charge in [-0.1, -0.05) is 48.0 Å². The fourth-order valence-corrected chi connectivity index (χ4v) is 4.03. The summed E-state index contributed by atoms with van der Waals surface area (Å²) in [5, 5.41) is 0. The molecule has 128 valence electrons. The number of benzene rings is 2. The zero-order chi connectivity index (χ0) is 17.4. The largest absolute Gasteiger partial charge is 0.368 e. The molecule has 1 aromatic heterocycles. The topological polar surface area (TPSA) is 18.0 Å². The highest BCUT2D eigenvalue weighted by Gasteiger charge is 2.28. The molecule has 4 rings (SSSR count). The summed E-state index contributed by atoms with van der Waals surface area (Å²) in [6.45, 7) is 7.99. The maximum atomic E-state index is 5.88. The summed E-state index contributed by atoms with van der Waals surface area (Å²) >= 11 is 0. The number of imidazole rings is 1. The minimum atomic E-state index is 0.346. The predicted molar refractivity (Wildman–Crippen MR) is 99.0 cm³/mol. The minimum absolute atomic E-state index is 0.346. The molecule has 3 aromatic rings. The van der Waals surface area contributed by atoms with Gasteiger partial charge in [0.2, 0.25) is 6.33 Å². The molecule has 1 atom stereocenters. The Morgan fingerprint density at radius 1 is 1.08 bits per heavy atom. The molecule has 0 fully saturated rings. The normalized spacial score (nSPS) is 16.7. The summed E-state index contributed by atoms with van der Waals surface area (Å²) in [5.74, 6) is 0. The van der Waals surface area contributed by atoms with Crippen LogP contribution in [0, 0.1) is 20.8 Å². The Balaban J connectivity index is 1.71. The molecule has 0 saturated carbocycles. The number of hydrogen-bond acceptors (Lipinski definition) is 1. The molecule has 0 bridgehead atoms. The quantitative estimate of drug-likeness (QED) is 0.663. The summed E-state index contributed by atoms with van der Waals surface area (Å²) < 4.78 is 10.5. The minimum Gasteiger partial charge on any atom is -0.368 e. The lowest BCUT2D eigenvalue weighted by Gasteiger charge is -2.20. The van der Waals surface area contributed by atoms with E-state index in [0.717, 1.165) is 13.0 Å². The van der Waals surface area contributed by atoms with E-state index in [0.29, 0.717) is 12.6 Å². The van der Waals surface area contributed by atoms with Gasteiger partial charge < -0.3 is 4.74 Å². The second-order valence-corrected chi connectivity index (χ2v) is 7.16. The third kappa shape index (κ3) is 3.12. The van der Waals surface area contributed by atoms with E-state index >= 15 is 0 Å². The van der Waals surface area contributed by atoms with E-state index in [1.165, 1.54) is 33.6 Å². The number of ether oxygens (including phenoxy) is 1. The molecule has 0 amide bonds. The molecule has 3 heteroatoms. The van der Waals surface area contributed by atoms with Crippen LogP contribution in [0.5, 0.6) is 0 Å². The molecule has 25 heavy (non-hydrogen) atoms. The van der Waals surface area contributed by atoms with Gasteiger partial charge in [0.15, 0.2) is 5.69 Å². The fraction of sp³-hybridized carbons (Fsp3) is 0.318. The highest BCUT2D eigenvalue weighted by molar-refractivity contribution is 5.43. The summed E-state index contributed by atoms with van der Waals surface area (Å²) in [7, 11) is 0. The van der Waals surface area contributed by atoms with E-state index in [4.69, 9.17) is 4.74 Å². The Morgan fingerprint density at radius 3 is 2.52 bits per heavy atom. The number of fused-ring (bicyclic) bond motifs is 1. The average Bonchev–Trinajstić information content (AvgIpc) is 2.99. The van der Waals surface area contributed by atoms with Crippen LogP contribution in [0.25, 0.3) is 5.69 Å². The van der Waals surface area contributed by atoms with Gasteiger partial charge in [-0.05, 0) is 37.5 Å². The zero-order valence-electron chi connectivity index (χ0n) is 15.2. The Kier molecular flexibility index (Phi) is 4.18. The van der Waals surface area contributed by atoms with E-state index < -0.39 is 0 Å². The maximum Gasteiger partial charge on any atom is 0.249 e. The van der Waals surface area contributed by atoms with E-state index in [1.54, 1.807) is 0 Å². The second kappa shape index (κ2) is 6.49. The average molecular weight is 333 g/mol. The van der Waals surface area contributed by atoms with Gasteiger partial charge in [0.25, 0.3) is 0 Å². The monoisotopic (exact) mass is 333 g/mol. The third-order valence-corrected chi connectivity index (χ3v) is 5.03. The van der Waals surface area contributed by atoms with Gasteiger partial charge in [0.05, 0.1) is 6.61 Å². The highest BCUT2D eigenvalue weighted by atomic mass is 16.5. The first-order chi connectivity index (χ1) is 12.1. The van der Waals surface area contributed by atoms with Crippen molar-refractivity contribution < 1.29 is 9.30 Å². The van der Waals surface area contributed by atoms with Crippen molar-refractivity contribution in [1.82, 2.24) is 4.57 Å². The Morgan fingerprint density at radius 2 is 1.80 bits per heavy atom. The number of rotatable bonds is 3. The van der Waals surface area contributed by atoms with Crippen molar-refractivity contribution in [2.24, 2.45) is 0 Å². The van der Waals surface area contributed by atoms with Gasteiger partial charge in [-0.2, -0.15) is 0 Å². The van der Waals surface area contributed by atoms with Crippen molar-refractivity contribution in [3.8, 4) is 5.69 Å². The molecular weight excluding hydrogens is 308 g/mol. The van der Waals surface area contributed by atoms with Crippen molar-refractivity contribution >= 4 is 0 Å². The van der Waals surface area contributed by atoms with E-state index in [2.05, 4.69) is 84.9 Å². The smallest absolute Gasteiger partial charge is 0.249 e. The van der Waals surface area contributed by atoms with Gasteiger partial charge in [0.1, 0.15) is 24.5 Å². The Hall–Kier alpha value is -2.39. The third-order valence-electron chi connectivity index (χ3n) is 5.03. The second-order valence-electron chi connectivity index (χ2n) is 7.16. The molecule has 0 N–H and O–H groups in total. The molecule has 0 aliphatic carbocycles. The Bertz CT molecular complexity index is 873. The number of nitrogens with zero attached hydrogens (tertiary/aromatic N) is 2.